The number of aromatic nitrogens is 2. The molecule has 2 heterocycles. The number of anilines is 1. The van der Waals surface area contributed by atoms with Crippen LogP contribution in [0.2, 0.25) is 0 Å². The van der Waals surface area contributed by atoms with E-state index in [4.69, 9.17) is 5.11 Å². The number of hydrogen-bond acceptors (Lipinski definition) is 6. The van der Waals surface area contributed by atoms with Crippen LogP contribution >= 0.6 is 23.1 Å². The molecule has 10 heteroatoms. The fraction of sp³-hybridized carbons (Fsp3) is 0.364. The van der Waals surface area contributed by atoms with Crippen molar-refractivity contribution < 1.29 is 23.1 Å². The van der Waals surface area contributed by atoms with Crippen LogP contribution in [0.25, 0.3) is 10.2 Å². The Morgan fingerprint density at radius 2 is 2.19 bits per heavy atom. The van der Waals surface area contributed by atoms with Crippen LogP contribution in [0.5, 0.6) is 0 Å². The fourth-order valence-corrected chi connectivity index (χ4v) is 3.17. The third-order valence-electron chi connectivity index (χ3n) is 2.58. The number of halogens is 3. The molecule has 0 saturated carbocycles. The van der Waals surface area contributed by atoms with Gasteiger partial charge in [-0.15, -0.1) is 11.3 Å². The van der Waals surface area contributed by atoms with E-state index >= 15 is 0 Å². The largest absolute Gasteiger partial charge is 0.477 e. The highest BCUT2D eigenvalue weighted by Crippen LogP contribution is 2.33. The summed E-state index contributed by atoms with van der Waals surface area (Å²) in [5.74, 6) is -0.873. The second-order valence-corrected chi connectivity index (χ2v) is 6.14. The highest BCUT2D eigenvalue weighted by atomic mass is 32.2. The maximum absolute atomic E-state index is 12.0. The number of hydrogen-bond donors (Lipinski definition) is 2. The summed E-state index contributed by atoms with van der Waals surface area (Å²) in [4.78, 5) is 19.7. The quantitative estimate of drug-likeness (QED) is 0.815. The molecule has 0 saturated heterocycles. The summed E-state index contributed by atoms with van der Waals surface area (Å²) >= 11 is 0.889. The summed E-state index contributed by atoms with van der Waals surface area (Å²) in [5, 5.41) is 12.4. The Balaban J connectivity index is 2.18. The van der Waals surface area contributed by atoms with E-state index in [1.165, 1.54) is 6.33 Å². The predicted molar refractivity (Wildman–Crippen MR) is 76.1 cm³/mol. The highest BCUT2D eigenvalue weighted by molar-refractivity contribution is 8.00. The van der Waals surface area contributed by atoms with Gasteiger partial charge in [-0.1, -0.05) is 0 Å². The van der Waals surface area contributed by atoms with Crippen molar-refractivity contribution in [3.8, 4) is 0 Å². The molecular weight excluding hydrogens is 327 g/mol. The number of nitrogens with one attached hydrogen (secondary N) is 1. The van der Waals surface area contributed by atoms with Gasteiger partial charge in [0.2, 0.25) is 0 Å². The lowest BCUT2D eigenvalue weighted by atomic mass is 10.2. The van der Waals surface area contributed by atoms with E-state index in [1.807, 2.05) is 0 Å². The molecule has 0 unspecified atom stereocenters. The molecule has 2 N–H and O–H groups in total. The molecule has 0 spiro atoms. The normalized spacial score (nSPS) is 11.8. The zero-order chi connectivity index (χ0) is 15.6. The van der Waals surface area contributed by atoms with Gasteiger partial charge in [-0.3, -0.25) is 0 Å². The lowest BCUT2D eigenvalue weighted by Crippen LogP contribution is -2.10. The molecule has 0 radical (unpaired) electrons. The molecule has 0 atom stereocenters. The number of rotatable bonds is 5. The van der Waals surface area contributed by atoms with Crippen LogP contribution in [0.15, 0.2) is 6.33 Å². The molecule has 0 aliphatic carbocycles. The first-order valence-electron chi connectivity index (χ1n) is 5.71. The Hall–Kier alpha value is -1.55. The zero-order valence-electron chi connectivity index (χ0n) is 10.7. The standard InChI is InChI=1S/C11H10F3N3O2S2/c1-5-6-8(15-2-3-20-11(12,13)14)16-4-17-9(6)21-7(5)10(18)19/h4H,2-3H2,1H3,(H,18,19)(H,15,16,17). The van der Waals surface area contributed by atoms with Gasteiger partial charge in [0.05, 0.1) is 5.39 Å². The maximum atomic E-state index is 12.0. The zero-order valence-corrected chi connectivity index (χ0v) is 12.3. The number of thioether (sulfide) groups is 1. The van der Waals surface area contributed by atoms with Crippen molar-refractivity contribution in [2.75, 3.05) is 17.6 Å². The van der Waals surface area contributed by atoms with Crippen molar-refractivity contribution in [2.45, 2.75) is 12.4 Å². The van der Waals surface area contributed by atoms with Crippen LogP contribution in [0, 0.1) is 6.92 Å². The Morgan fingerprint density at radius 3 is 2.81 bits per heavy atom. The molecular formula is C11H10F3N3O2S2. The number of carbonyl (C=O) groups is 1. The van der Waals surface area contributed by atoms with Crippen LogP contribution < -0.4 is 5.32 Å². The minimum absolute atomic E-state index is 0.0635. The third kappa shape index (κ3) is 3.76. The number of carboxylic acid groups (broad SMARTS) is 1. The second kappa shape index (κ2) is 6.06. The average Bonchev–Trinajstić information content (AvgIpc) is 2.72. The van der Waals surface area contributed by atoms with Gasteiger partial charge < -0.3 is 10.4 Å². The van der Waals surface area contributed by atoms with Gasteiger partial charge in [0, 0.05) is 12.3 Å². The van der Waals surface area contributed by atoms with Crippen molar-refractivity contribution in [1.29, 1.82) is 0 Å². The summed E-state index contributed by atoms with van der Waals surface area (Å²) in [5.41, 5.74) is -3.76. The lowest BCUT2D eigenvalue weighted by molar-refractivity contribution is -0.0327. The van der Waals surface area contributed by atoms with E-state index in [9.17, 15) is 18.0 Å². The molecule has 2 aromatic rings. The number of carboxylic acids is 1. The molecule has 0 bridgehead atoms. The number of thiophene rings is 1. The number of fused-ring (bicyclic) bond motifs is 1. The Labute approximate surface area is 125 Å². The third-order valence-corrected chi connectivity index (χ3v) is 4.50. The van der Waals surface area contributed by atoms with Gasteiger partial charge in [0.15, 0.2) is 0 Å². The van der Waals surface area contributed by atoms with Crippen LogP contribution in [0.3, 0.4) is 0 Å². The van der Waals surface area contributed by atoms with Crippen molar-refractivity contribution in [3.63, 3.8) is 0 Å². The first-order chi connectivity index (χ1) is 9.79. The van der Waals surface area contributed by atoms with E-state index in [-0.39, 0.29) is 28.9 Å². The van der Waals surface area contributed by atoms with E-state index in [2.05, 4.69) is 15.3 Å². The number of aromatic carboxylic acids is 1. The first-order valence-corrected chi connectivity index (χ1v) is 7.51. The minimum atomic E-state index is -4.27. The summed E-state index contributed by atoms with van der Waals surface area (Å²) in [6, 6.07) is 0. The number of nitrogens with zero attached hydrogens (tertiary/aromatic N) is 2. The molecule has 0 aliphatic heterocycles. The van der Waals surface area contributed by atoms with E-state index < -0.39 is 11.5 Å². The lowest BCUT2D eigenvalue weighted by Gasteiger charge is -2.08. The Morgan fingerprint density at radius 1 is 1.48 bits per heavy atom. The van der Waals surface area contributed by atoms with Gasteiger partial charge in [0.25, 0.3) is 0 Å². The number of alkyl halides is 3. The van der Waals surface area contributed by atoms with Gasteiger partial charge >= 0.3 is 11.5 Å². The van der Waals surface area contributed by atoms with E-state index in [1.54, 1.807) is 6.92 Å². The average molecular weight is 337 g/mol. The Kier molecular flexibility index (Phi) is 4.57. The monoisotopic (exact) mass is 337 g/mol. The van der Waals surface area contributed by atoms with Gasteiger partial charge in [-0.2, -0.15) is 13.2 Å². The predicted octanol–water partition coefficient (Wildman–Crippen LogP) is 3.36. The first kappa shape index (κ1) is 15.8. The topological polar surface area (TPSA) is 75.1 Å². The smallest absolute Gasteiger partial charge is 0.441 e. The molecule has 2 aromatic heterocycles. The number of aryl methyl sites for hydroxylation is 1. The van der Waals surface area contributed by atoms with Crippen molar-refractivity contribution >= 4 is 45.1 Å². The molecule has 0 fully saturated rings. The minimum Gasteiger partial charge on any atom is -0.477 e. The van der Waals surface area contributed by atoms with Crippen molar-refractivity contribution in [1.82, 2.24) is 9.97 Å². The summed E-state index contributed by atoms with van der Waals surface area (Å²) in [6.07, 6.45) is 1.25. The summed E-state index contributed by atoms with van der Waals surface area (Å²) < 4.78 is 36.1. The molecule has 21 heavy (non-hydrogen) atoms. The van der Waals surface area contributed by atoms with Crippen LogP contribution in [-0.2, 0) is 0 Å². The SMILES string of the molecule is Cc1c(C(=O)O)sc2ncnc(NCCSC(F)(F)F)c12. The summed E-state index contributed by atoms with van der Waals surface area (Å²) in [6.45, 7) is 1.69. The fourth-order valence-electron chi connectivity index (χ4n) is 1.75. The van der Waals surface area contributed by atoms with Crippen LogP contribution in [0.1, 0.15) is 15.2 Å². The van der Waals surface area contributed by atoms with Crippen molar-refractivity contribution in [2.24, 2.45) is 0 Å². The highest BCUT2D eigenvalue weighted by Gasteiger charge is 2.27. The van der Waals surface area contributed by atoms with Gasteiger partial charge in [-0.05, 0) is 24.2 Å². The second-order valence-electron chi connectivity index (χ2n) is 3.98. The molecule has 2 rings (SSSR count). The van der Waals surface area contributed by atoms with Crippen LogP contribution in [0.4, 0.5) is 19.0 Å². The Bertz CT molecular complexity index is 673. The van der Waals surface area contributed by atoms with E-state index in [0.717, 1.165) is 11.3 Å². The molecule has 0 amide bonds. The molecule has 0 aromatic carbocycles. The maximum Gasteiger partial charge on any atom is 0.441 e. The summed E-state index contributed by atoms with van der Waals surface area (Å²) in [7, 11) is 0. The van der Waals surface area contributed by atoms with Gasteiger partial charge in [0.1, 0.15) is 21.9 Å². The van der Waals surface area contributed by atoms with E-state index in [0.29, 0.717) is 21.6 Å². The van der Waals surface area contributed by atoms with Crippen LogP contribution in [-0.4, -0.2) is 38.8 Å². The molecule has 5 nitrogen and oxygen atoms in total. The van der Waals surface area contributed by atoms with Gasteiger partial charge in [-0.25, -0.2) is 14.8 Å². The molecule has 0 aliphatic rings. The van der Waals surface area contributed by atoms with Crippen molar-refractivity contribution in [3.05, 3.63) is 16.8 Å². The molecule has 114 valence electrons.